The number of hydrogen-bond donors (Lipinski definition) is 1. The number of nitrogen functional groups attached to an aromatic ring is 1. The van der Waals surface area contributed by atoms with E-state index in [4.69, 9.17) is 15.2 Å². The monoisotopic (exact) mass is 286 g/mol. The Morgan fingerprint density at radius 2 is 1.95 bits per heavy atom. The van der Waals surface area contributed by atoms with Gasteiger partial charge in [-0.3, -0.25) is 0 Å². The van der Waals surface area contributed by atoms with Crippen molar-refractivity contribution in [3.05, 3.63) is 24.3 Å². The topological polar surface area (TPSA) is 81.9 Å². The first-order valence-corrected chi connectivity index (χ1v) is 7.73. The van der Waals surface area contributed by atoms with Crippen molar-refractivity contribution in [2.75, 3.05) is 44.4 Å². The standard InChI is InChI=1S/C12H18N2O4S/c13-11-3-1-2-4-12(11)18-9-10-19(15,16)14-5-7-17-8-6-14/h1-4H,5-10,13H2. The van der Waals surface area contributed by atoms with Gasteiger partial charge in [-0.25, -0.2) is 8.42 Å². The normalized spacial score (nSPS) is 17.3. The smallest absolute Gasteiger partial charge is 0.217 e. The number of rotatable bonds is 5. The number of nitrogens with two attached hydrogens (primary N) is 1. The van der Waals surface area contributed by atoms with E-state index in [-0.39, 0.29) is 12.4 Å². The van der Waals surface area contributed by atoms with Crippen LogP contribution in [0.4, 0.5) is 5.69 Å². The number of ether oxygens (including phenoxy) is 2. The summed E-state index contributed by atoms with van der Waals surface area (Å²) in [5.41, 5.74) is 6.22. The van der Waals surface area contributed by atoms with Crippen LogP contribution in [0.25, 0.3) is 0 Å². The van der Waals surface area contributed by atoms with Gasteiger partial charge in [0.15, 0.2) is 0 Å². The lowest BCUT2D eigenvalue weighted by Crippen LogP contribution is -2.42. The number of para-hydroxylation sites is 2. The van der Waals surface area contributed by atoms with Crippen LogP contribution in [0.15, 0.2) is 24.3 Å². The SMILES string of the molecule is Nc1ccccc1OCCS(=O)(=O)N1CCOCC1. The summed E-state index contributed by atoms with van der Waals surface area (Å²) < 4.78 is 36.0. The van der Waals surface area contributed by atoms with Gasteiger partial charge in [0.1, 0.15) is 12.4 Å². The van der Waals surface area contributed by atoms with E-state index < -0.39 is 10.0 Å². The fourth-order valence-corrected chi connectivity index (χ4v) is 3.08. The van der Waals surface area contributed by atoms with Gasteiger partial charge in [0, 0.05) is 13.1 Å². The van der Waals surface area contributed by atoms with Gasteiger partial charge < -0.3 is 15.2 Å². The average Bonchev–Trinajstić information content (AvgIpc) is 2.42. The summed E-state index contributed by atoms with van der Waals surface area (Å²) in [6.45, 7) is 1.82. The summed E-state index contributed by atoms with van der Waals surface area (Å²) in [4.78, 5) is 0. The highest BCUT2D eigenvalue weighted by molar-refractivity contribution is 7.89. The number of morpholine rings is 1. The minimum absolute atomic E-state index is 0.0542. The number of nitrogens with zero attached hydrogens (tertiary/aromatic N) is 1. The van der Waals surface area contributed by atoms with Crippen molar-refractivity contribution in [2.24, 2.45) is 0 Å². The zero-order valence-electron chi connectivity index (χ0n) is 10.6. The summed E-state index contributed by atoms with van der Waals surface area (Å²) in [5, 5.41) is 0. The van der Waals surface area contributed by atoms with E-state index in [1.54, 1.807) is 24.3 Å². The van der Waals surface area contributed by atoms with Crippen LogP contribution in [0.1, 0.15) is 0 Å². The predicted octanol–water partition coefficient (Wildman–Crippen LogP) is 0.310. The molecule has 1 aromatic carbocycles. The van der Waals surface area contributed by atoms with Crippen molar-refractivity contribution in [3.8, 4) is 5.75 Å². The molecular weight excluding hydrogens is 268 g/mol. The van der Waals surface area contributed by atoms with E-state index in [0.29, 0.717) is 37.7 Å². The molecule has 106 valence electrons. The first-order chi connectivity index (χ1) is 9.09. The fourth-order valence-electron chi connectivity index (χ4n) is 1.82. The molecule has 0 bridgehead atoms. The summed E-state index contributed by atoms with van der Waals surface area (Å²) in [5.74, 6) is 0.459. The van der Waals surface area contributed by atoms with Gasteiger partial charge in [-0.2, -0.15) is 4.31 Å². The molecule has 0 amide bonds. The second-order valence-electron chi connectivity index (χ2n) is 4.21. The minimum Gasteiger partial charge on any atom is -0.490 e. The molecule has 19 heavy (non-hydrogen) atoms. The second-order valence-corrected chi connectivity index (χ2v) is 6.30. The molecule has 0 radical (unpaired) electrons. The van der Waals surface area contributed by atoms with Crippen LogP contribution in [-0.2, 0) is 14.8 Å². The zero-order valence-corrected chi connectivity index (χ0v) is 11.4. The van der Waals surface area contributed by atoms with Crippen LogP contribution in [0, 0.1) is 0 Å². The first-order valence-electron chi connectivity index (χ1n) is 6.12. The highest BCUT2D eigenvalue weighted by Crippen LogP contribution is 2.19. The highest BCUT2D eigenvalue weighted by Gasteiger charge is 2.24. The Bertz CT molecular complexity index is 512. The zero-order chi connectivity index (χ0) is 13.7. The minimum atomic E-state index is -3.28. The Morgan fingerprint density at radius 3 is 2.63 bits per heavy atom. The lowest BCUT2D eigenvalue weighted by molar-refractivity contribution is 0.0729. The van der Waals surface area contributed by atoms with E-state index in [9.17, 15) is 8.42 Å². The molecule has 0 unspecified atom stereocenters. The highest BCUT2D eigenvalue weighted by atomic mass is 32.2. The number of anilines is 1. The average molecular weight is 286 g/mol. The molecular formula is C12H18N2O4S. The second kappa shape index (κ2) is 6.23. The van der Waals surface area contributed by atoms with E-state index in [2.05, 4.69) is 0 Å². The molecule has 1 aromatic rings. The lowest BCUT2D eigenvalue weighted by atomic mass is 10.3. The molecule has 2 N–H and O–H groups in total. The summed E-state index contributed by atoms with van der Waals surface area (Å²) in [6, 6.07) is 7.03. The van der Waals surface area contributed by atoms with Crippen LogP contribution >= 0.6 is 0 Å². The van der Waals surface area contributed by atoms with Gasteiger partial charge in [0.2, 0.25) is 10.0 Å². The Hall–Kier alpha value is -1.31. The van der Waals surface area contributed by atoms with E-state index in [1.807, 2.05) is 0 Å². The number of hydrogen-bond acceptors (Lipinski definition) is 5. The maximum atomic E-state index is 12.0. The predicted molar refractivity (Wildman–Crippen MR) is 72.5 cm³/mol. The fraction of sp³-hybridized carbons (Fsp3) is 0.500. The third-order valence-corrected chi connectivity index (χ3v) is 4.72. The third-order valence-electron chi connectivity index (χ3n) is 2.88. The van der Waals surface area contributed by atoms with Crippen LogP contribution in [0.3, 0.4) is 0 Å². The Balaban J connectivity index is 1.86. The van der Waals surface area contributed by atoms with Gasteiger partial charge in [0.05, 0.1) is 24.7 Å². The molecule has 0 aliphatic carbocycles. The van der Waals surface area contributed by atoms with Crippen LogP contribution in [0.5, 0.6) is 5.75 Å². The lowest BCUT2D eigenvalue weighted by Gasteiger charge is -2.26. The van der Waals surface area contributed by atoms with Crippen molar-refractivity contribution < 1.29 is 17.9 Å². The quantitative estimate of drug-likeness (QED) is 0.788. The van der Waals surface area contributed by atoms with Crippen molar-refractivity contribution >= 4 is 15.7 Å². The molecule has 1 heterocycles. The van der Waals surface area contributed by atoms with Crippen LogP contribution in [-0.4, -0.2) is 51.4 Å². The molecule has 6 nitrogen and oxygen atoms in total. The first kappa shape index (κ1) is 14.1. The van der Waals surface area contributed by atoms with Crippen molar-refractivity contribution in [1.29, 1.82) is 0 Å². The maximum absolute atomic E-state index is 12.0. The molecule has 1 aliphatic heterocycles. The molecule has 1 saturated heterocycles. The summed E-state index contributed by atoms with van der Waals surface area (Å²) in [6.07, 6.45) is 0. The Labute approximate surface area is 113 Å². The van der Waals surface area contributed by atoms with Gasteiger partial charge >= 0.3 is 0 Å². The van der Waals surface area contributed by atoms with Gasteiger partial charge in [-0.05, 0) is 12.1 Å². The Morgan fingerprint density at radius 1 is 1.26 bits per heavy atom. The van der Waals surface area contributed by atoms with E-state index in [0.717, 1.165) is 0 Å². The van der Waals surface area contributed by atoms with E-state index in [1.165, 1.54) is 4.31 Å². The summed E-state index contributed by atoms with van der Waals surface area (Å²) in [7, 11) is -3.28. The van der Waals surface area contributed by atoms with Gasteiger partial charge in [0.25, 0.3) is 0 Å². The molecule has 0 atom stereocenters. The van der Waals surface area contributed by atoms with Crippen molar-refractivity contribution in [1.82, 2.24) is 4.31 Å². The van der Waals surface area contributed by atoms with Crippen LogP contribution in [0.2, 0.25) is 0 Å². The number of sulfonamides is 1. The molecule has 2 rings (SSSR count). The molecule has 1 fully saturated rings. The molecule has 1 aliphatic rings. The van der Waals surface area contributed by atoms with Gasteiger partial charge in [-0.1, -0.05) is 12.1 Å². The molecule has 7 heteroatoms. The molecule has 0 spiro atoms. The summed E-state index contributed by atoms with van der Waals surface area (Å²) >= 11 is 0. The van der Waals surface area contributed by atoms with Crippen LogP contribution < -0.4 is 10.5 Å². The third kappa shape index (κ3) is 3.82. The van der Waals surface area contributed by atoms with Gasteiger partial charge in [-0.15, -0.1) is 0 Å². The van der Waals surface area contributed by atoms with E-state index >= 15 is 0 Å². The maximum Gasteiger partial charge on any atom is 0.217 e. The largest absolute Gasteiger partial charge is 0.490 e. The number of benzene rings is 1. The molecule has 0 aromatic heterocycles. The van der Waals surface area contributed by atoms with Crippen molar-refractivity contribution in [3.63, 3.8) is 0 Å². The van der Waals surface area contributed by atoms with Crippen molar-refractivity contribution in [2.45, 2.75) is 0 Å². The molecule has 0 saturated carbocycles. The Kier molecular flexibility index (Phi) is 4.62.